The minimum absolute atomic E-state index is 0.169. The maximum absolute atomic E-state index is 13.5. The number of esters is 1. The Labute approximate surface area is 183 Å². The molecule has 2 aromatic carbocycles. The van der Waals surface area contributed by atoms with E-state index in [0.29, 0.717) is 29.1 Å². The molecule has 0 saturated carbocycles. The summed E-state index contributed by atoms with van der Waals surface area (Å²) in [6.45, 7) is 10.8. The van der Waals surface area contributed by atoms with Crippen molar-refractivity contribution in [2.45, 2.75) is 26.6 Å². The lowest BCUT2D eigenvalue weighted by atomic mass is 9.97. The molecular formula is C24H18F3N3O2. The Balaban J connectivity index is 2.22. The Morgan fingerprint density at radius 2 is 1.81 bits per heavy atom. The molecule has 0 amide bonds. The number of alkyl halides is 3. The van der Waals surface area contributed by atoms with Gasteiger partial charge in [-0.3, -0.25) is 0 Å². The first kappa shape index (κ1) is 22.6. The van der Waals surface area contributed by atoms with Crippen LogP contribution in [0.1, 0.15) is 38.4 Å². The van der Waals surface area contributed by atoms with Crippen LogP contribution in [0.5, 0.6) is 0 Å². The minimum atomic E-state index is -4.71. The van der Waals surface area contributed by atoms with Gasteiger partial charge in [-0.15, -0.1) is 0 Å². The van der Waals surface area contributed by atoms with E-state index >= 15 is 0 Å². The molecule has 1 heterocycles. The molecule has 0 bridgehead atoms. The van der Waals surface area contributed by atoms with Crippen LogP contribution in [0.15, 0.2) is 42.5 Å². The second-order valence-corrected chi connectivity index (χ2v) is 7.15. The van der Waals surface area contributed by atoms with Crippen molar-refractivity contribution in [3.05, 3.63) is 87.5 Å². The van der Waals surface area contributed by atoms with Gasteiger partial charge >= 0.3 is 12.1 Å². The van der Waals surface area contributed by atoms with Gasteiger partial charge in [0.05, 0.1) is 36.4 Å². The van der Waals surface area contributed by atoms with Gasteiger partial charge < -0.3 is 9.30 Å². The van der Waals surface area contributed by atoms with Crippen LogP contribution in [0.3, 0.4) is 0 Å². The normalized spacial score (nSPS) is 11.0. The molecule has 162 valence electrons. The summed E-state index contributed by atoms with van der Waals surface area (Å²) in [4.78, 5) is 15.6. The number of rotatable bonds is 4. The molecule has 5 nitrogen and oxygen atoms in total. The number of carbonyl (C=O) groups excluding carboxylic acids is 1. The molecule has 0 unspecified atom stereocenters. The Morgan fingerprint density at radius 1 is 1.16 bits per heavy atom. The van der Waals surface area contributed by atoms with Crippen molar-refractivity contribution in [1.29, 1.82) is 5.26 Å². The van der Waals surface area contributed by atoms with Crippen LogP contribution in [0.4, 0.5) is 18.9 Å². The number of hydrogen-bond donors (Lipinski definition) is 0. The third-order valence-corrected chi connectivity index (χ3v) is 5.31. The van der Waals surface area contributed by atoms with Gasteiger partial charge in [-0.05, 0) is 37.1 Å². The van der Waals surface area contributed by atoms with Gasteiger partial charge in [-0.2, -0.15) is 18.4 Å². The molecular weight excluding hydrogens is 419 g/mol. The second kappa shape index (κ2) is 8.60. The van der Waals surface area contributed by atoms with Gasteiger partial charge in [0.2, 0.25) is 0 Å². The number of methoxy groups -OCH3 is 1. The number of ether oxygens (including phenoxy) is 1. The fourth-order valence-electron chi connectivity index (χ4n) is 3.71. The summed E-state index contributed by atoms with van der Waals surface area (Å²) in [6.07, 6.45) is -4.71. The van der Waals surface area contributed by atoms with Crippen molar-refractivity contribution in [3.8, 4) is 17.2 Å². The molecule has 8 heteroatoms. The molecule has 0 saturated heterocycles. The third kappa shape index (κ3) is 4.08. The van der Waals surface area contributed by atoms with Crippen molar-refractivity contribution in [2.24, 2.45) is 0 Å². The first-order valence-electron chi connectivity index (χ1n) is 9.48. The maximum Gasteiger partial charge on any atom is 0.407 e. The highest BCUT2D eigenvalue weighted by atomic mass is 19.4. The van der Waals surface area contributed by atoms with E-state index in [1.165, 1.54) is 13.2 Å². The molecule has 3 aromatic rings. The smallest absolute Gasteiger partial charge is 0.407 e. The Kier molecular flexibility index (Phi) is 6.09. The van der Waals surface area contributed by atoms with Crippen molar-refractivity contribution in [2.75, 3.05) is 7.11 Å². The Bertz CT molecular complexity index is 1270. The quantitative estimate of drug-likeness (QED) is 0.369. The molecule has 0 aliphatic carbocycles. The molecule has 0 spiro atoms. The average molecular weight is 437 g/mol. The Morgan fingerprint density at radius 3 is 2.34 bits per heavy atom. The van der Waals surface area contributed by atoms with E-state index in [2.05, 4.69) is 4.85 Å². The first-order chi connectivity index (χ1) is 15.1. The van der Waals surface area contributed by atoms with Gasteiger partial charge in [0.15, 0.2) is 5.69 Å². The highest BCUT2D eigenvalue weighted by Crippen LogP contribution is 2.41. The summed E-state index contributed by atoms with van der Waals surface area (Å²) in [5.74, 6) is -0.665. The van der Waals surface area contributed by atoms with Crippen molar-refractivity contribution >= 4 is 11.7 Å². The summed E-state index contributed by atoms with van der Waals surface area (Å²) in [7, 11) is 1.21. The topological polar surface area (TPSA) is 59.4 Å². The molecule has 3 rings (SSSR count). The lowest BCUT2D eigenvalue weighted by Crippen LogP contribution is -2.07. The fourth-order valence-corrected chi connectivity index (χ4v) is 3.71. The predicted octanol–water partition coefficient (Wildman–Crippen LogP) is 6.05. The van der Waals surface area contributed by atoms with Crippen LogP contribution in [0.2, 0.25) is 0 Å². The van der Waals surface area contributed by atoms with Crippen LogP contribution in [0, 0.1) is 31.8 Å². The first-order valence-corrected chi connectivity index (χ1v) is 9.48. The zero-order chi connectivity index (χ0) is 23.6. The van der Waals surface area contributed by atoms with Gasteiger partial charge in [0.25, 0.3) is 0 Å². The van der Waals surface area contributed by atoms with E-state index in [1.54, 1.807) is 38.1 Å². The van der Waals surface area contributed by atoms with Gasteiger partial charge in [0.1, 0.15) is 0 Å². The summed E-state index contributed by atoms with van der Waals surface area (Å²) >= 11 is 0. The number of hydrogen-bond acceptors (Lipinski definition) is 3. The zero-order valence-corrected chi connectivity index (χ0v) is 17.5. The highest BCUT2D eigenvalue weighted by molar-refractivity contribution is 6.00. The van der Waals surface area contributed by atoms with Gasteiger partial charge in [0, 0.05) is 23.5 Å². The van der Waals surface area contributed by atoms with E-state index in [1.807, 2.05) is 10.6 Å². The number of carbonyl (C=O) groups is 1. The zero-order valence-electron chi connectivity index (χ0n) is 17.5. The van der Waals surface area contributed by atoms with Crippen molar-refractivity contribution in [1.82, 2.24) is 4.57 Å². The van der Waals surface area contributed by atoms with E-state index in [9.17, 15) is 18.0 Å². The van der Waals surface area contributed by atoms with Crippen LogP contribution < -0.4 is 0 Å². The van der Waals surface area contributed by atoms with E-state index < -0.39 is 23.4 Å². The van der Waals surface area contributed by atoms with Gasteiger partial charge in [-0.25, -0.2) is 9.64 Å². The van der Waals surface area contributed by atoms with Crippen molar-refractivity contribution in [3.63, 3.8) is 0 Å². The lowest BCUT2D eigenvalue weighted by molar-refractivity contribution is -0.136. The number of nitrogens with zero attached hydrogens (tertiary/aromatic N) is 3. The molecule has 0 radical (unpaired) electrons. The number of halogens is 3. The van der Waals surface area contributed by atoms with Crippen LogP contribution in [-0.4, -0.2) is 17.6 Å². The summed E-state index contributed by atoms with van der Waals surface area (Å²) < 4.78 is 47.3. The minimum Gasteiger partial charge on any atom is -0.465 e. The molecule has 0 atom stereocenters. The number of aromatic nitrogens is 1. The van der Waals surface area contributed by atoms with Crippen LogP contribution in [0.25, 0.3) is 16.0 Å². The monoisotopic (exact) mass is 437 g/mol. The molecule has 32 heavy (non-hydrogen) atoms. The summed E-state index contributed by atoms with van der Waals surface area (Å²) in [5, 5.41) is 8.97. The predicted molar refractivity (Wildman–Crippen MR) is 112 cm³/mol. The summed E-state index contributed by atoms with van der Waals surface area (Å²) in [6, 6.07) is 12.4. The summed E-state index contributed by atoms with van der Waals surface area (Å²) in [5.41, 5.74) is 1.58. The average Bonchev–Trinajstić information content (AvgIpc) is 3.02. The van der Waals surface area contributed by atoms with Gasteiger partial charge in [-0.1, -0.05) is 30.3 Å². The molecule has 0 fully saturated rings. The third-order valence-electron chi connectivity index (χ3n) is 5.31. The molecule has 1 aromatic heterocycles. The fraction of sp³-hybridized carbons (Fsp3) is 0.208. The largest absolute Gasteiger partial charge is 0.465 e. The highest BCUT2D eigenvalue weighted by Gasteiger charge is 2.34. The molecule has 0 aliphatic heterocycles. The number of nitriles is 1. The lowest BCUT2D eigenvalue weighted by Gasteiger charge is -2.13. The number of benzene rings is 2. The second-order valence-electron chi connectivity index (χ2n) is 7.15. The van der Waals surface area contributed by atoms with E-state index in [-0.39, 0.29) is 11.1 Å². The van der Waals surface area contributed by atoms with Crippen molar-refractivity contribution < 1.29 is 22.7 Å². The molecule has 0 N–H and O–H groups in total. The van der Waals surface area contributed by atoms with Crippen LogP contribution >= 0.6 is 0 Å². The van der Waals surface area contributed by atoms with Crippen LogP contribution in [-0.2, 0) is 17.5 Å². The Hall–Kier alpha value is -4.04. The van der Waals surface area contributed by atoms with E-state index in [0.717, 1.165) is 17.7 Å². The van der Waals surface area contributed by atoms with E-state index in [4.69, 9.17) is 16.6 Å². The maximum atomic E-state index is 13.5. The molecule has 0 aliphatic rings. The standard InChI is InChI=1S/C24H18F3N3O2/c1-14-21(18-9-10-20(29-3)19(11-18)24(25,26)27)22(23(31)32-4)15(2)30(14)13-17-7-5-16(12-28)6-8-17/h5-11H,13H2,1-2,4H3. The SMILES string of the molecule is [C-]#[N+]c1ccc(-c2c(C(=O)OC)c(C)n(Cc3ccc(C#N)cc3)c2C)cc1C(F)(F)F.